The fraction of sp³-hybridized carbons (Fsp3) is 0.935. The summed E-state index contributed by atoms with van der Waals surface area (Å²) < 4.78 is 6.31. The van der Waals surface area contributed by atoms with Gasteiger partial charge in [-0.15, -0.1) is 0 Å². The summed E-state index contributed by atoms with van der Waals surface area (Å²) in [6.07, 6.45) is 18.6. The highest BCUT2D eigenvalue weighted by Crippen LogP contribution is 2.67. The topological polar surface area (TPSA) is 12.5 Å². The maximum Gasteiger partial charge on any atom is 0.0613 e. The van der Waals surface area contributed by atoms with Crippen LogP contribution in [0.3, 0.4) is 0 Å². The average Bonchev–Trinajstić information content (AvgIpc) is 3.10. The summed E-state index contributed by atoms with van der Waals surface area (Å²) in [5.74, 6) is 5.57. The highest BCUT2D eigenvalue weighted by Gasteiger charge is 2.59. The van der Waals surface area contributed by atoms with E-state index in [0.29, 0.717) is 16.9 Å². The van der Waals surface area contributed by atoms with Gasteiger partial charge in [0, 0.05) is 6.54 Å². The lowest BCUT2D eigenvalue weighted by atomic mass is 9.47. The van der Waals surface area contributed by atoms with Gasteiger partial charge in [-0.2, -0.15) is 0 Å². The second-order valence-corrected chi connectivity index (χ2v) is 13.8. The molecular weight excluding hydrogens is 402 g/mol. The summed E-state index contributed by atoms with van der Waals surface area (Å²) in [6.45, 7) is 14.7. The van der Waals surface area contributed by atoms with Crippen molar-refractivity contribution in [2.75, 3.05) is 27.2 Å². The minimum absolute atomic E-state index is 0.451. The van der Waals surface area contributed by atoms with Crippen molar-refractivity contribution in [3.8, 4) is 0 Å². The van der Waals surface area contributed by atoms with Crippen molar-refractivity contribution in [3.63, 3.8) is 0 Å². The molecule has 0 aromatic rings. The van der Waals surface area contributed by atoms with E-state index in [4.69, 9.17) is 4.74 Å². The average molecular weight is 458 g/mol. The molecule has 4 aliphatic carbocycles. The molecule has 0 spiro atoms. The second-order valence-electron chi connectivity index (χ2n) is 13.8. The van der Waals surface area contributed by atoms with Gasteiger partial charge in [0.15, 0.2) is 0 Å². The van der Waals surface area contributed by atoms with Gasteiger partial charge in [-0.3, -0.25) is 0 Å². The lowest BCUT2D eigenvalue weighted by Gasteiger charge is -2.58. The third-order valence-electron chi connectivity index (χ3n) is 11.2. The van der Waals surface area contributed by atoms with Gasteiger partial charge >= 0.3 is 0 Å². The van der Waals surface area contributed by atoms with E-state index in [1.54, 1.807) is 5.57 Å². The molecule has 4 aliphatic rings. The standard InChI is InChI=1S/C31H55NO/c1-22(2)9-8-10-23(3)27-13-14-28-26-12-11-24-21-25(33-20-19-32(6)7)15-17-30(24,4)29(26)16-18-31(27,28)5/h11,22-23,25-29H,8-10,12-21H2,1-7H3. The minimum atomic E-state index is 0.451. The molecule has 0 radical (unpaired) electrons. The minimum Gasteiger partial charge on any atom is -0.377 e. The highest BCUT2D eigenvalue weighted by atomic mass is 16.5. The third-order valence-corrected chi connectivity index (χ3v) is 11.2. The Kier molecular flexibility index (Phi) is 8.06. The van der Waals surface area contributed by atoms with Crippen molar-refractivity contribution in [3.05, 3.63) is 11.6 Å². The van der Waals surface area contributed by atoms with Crippen LogP contribution in [0, 0.1) is 46.3 Å². The first kappa shape index (κ1) is 25.7. The van der Waals surface area contributed by atoms with E-state index in [1.165, 1.54) is 70.6 Å². The number of rotatable bonds is 9. The summed E-state index contributed by atoms with van der Waals surface area (Å²) >= 11 is 0. The number of ether oxygens (including phenoxy) is 1. The molecule has 0 aliphatic heterocycles. The summed E-state index contributed by atoms with van der Waals surface area (Å²) in [6, 6.07) is 0. The molecule has 0 amide bonds. The summed E-state index contributed by atoms with van der Waals surface area (Å²) in [5, 5.41) is 0. The predicted molar refractivity (Wildman–Crippen MR) is 141 cm³/mol. The van der Waals surface area contributed by atoms with Crippen LogP contribution in [-0.2, 0) is 4.74 Å². The molecule has 0 bridgehead atoms. The summed E-state index contributed by atoms with van der Waals surface area (Å²) in [5.41, 5.74) is 2.82. The van der Waals surface area contributed by atoms with E-state index in [0.717, 1.165) is 48.7 Å². The van der Waals surface area contributed by atoms with E-state index < -0.39 is 0 Å². The van der Waals surface area contributed by atoms with Crippen LogP contribution < -0.4 is 0 Å². The molecule has 8 unspecified atom stereocenters. The molecule has 0 saturated heterocycles. The first-order valence-electron chi connectivity index (χ1n) is 14.6. The molecule has 0 heterocycles. The smallest absolute Gasteiger partial charge is 0.0613 e. The van der Waals surface area contributed by atoms with Gasteiger partial charge in [0.1, 0.15) is 0 Å². The molecule has 190 valence electrons. The van der Waals surface area contributed by atoms with Gasteiger partial charge in [-0.25, -0.2) is 0 Å². The Bertz CT molecular complexity index is 682. The van der Waals surface area contributed by atoms with Crippen molar-refractivity contribution >= 4 is 0 Å². The number of hydrogen-bond acceptors (Lipinski definition) is 2. The van der Waals surface area contributed by atoms with Crippen LogP contribution in [-0.4, -0.2) is 38.3 Å². The Morgan fingerprint density at radius 3 is 2.52 bits per heavy atom. The number of allylic oxidation sites excluding steroid dienone is 1. The Labute approximate surface area is 206 Å². The van der Waals surface area contributed by atoms with Crippen molar-refractivity contribution in [2.24, 2.45) is 46.3 Å². The molecule has 3 fully saturated rings. The monoisotopic (exact) mass is 457 g/mol. The summed E-state index contributed by atoms with van der Waals surface area (Å²) in [7, 11) is 4.28. The first-order chi connectivity index (χ1) is 15.6. The first-order valence-corrected chi connectivity index (χ1v) is 14.6. The molecule has 0 aromatic heterocycles. The van der Waals surface area contributed by atoms with E-state index in [1.807, 2.05) is 0 Å². The molecule has 2 heteroatoms. The van der Waals surface area contributed by atoms with E-state index in [9.17, 15) is 0 Å². The van der Waals surface area contributed by atoms with Crippen LogP contribution in [0.5, 0.6) is 0 Å². The van der Waals surface area contributed by atoms with Gasteiger partial charge in [0.05, 0.1) is 12.7 Å². The van der Waals surface area contributed by atoms with Crippen LogP contribution >= 0.6 is 0 Å². The predicted octanol–water partition coefficient (Wildman–Crippen LogP) is 7.97. The van der Waals surface area contributed by atoms with E-state index >= 15 is 0 Å². The van der Waals surface area contributed by atoms with Crippen LogP contribution in [0.2, 0.25) is 0 Å². The lowest BCUT2D eigenvalue weighted by molar-refractivity contribution is -0.0644. The number of nitrogens with zero attached hydrogens (tertiary/aromatic N) is 1. The quantitative estimate of drug-likeness (QED) is 0.325. The maximum absolute atomic E-state index is 6.31. The van der Waals surface area contributed by atoms with Crippen molar-refractivity contribution < 1.29 is 4.74 Å². The number of likely N-dealkylation sites (N-methyl/N-ethyl adjacent to an activating group) is 1. The van der Waals surface area contributed by atoms with Gasteiger partial charge < -0.3 is 9.64 Å². The molecule has 3 saturated carbocycles. The Balaban J connectivity index is 1.41. The fourth-order valence-corrected chi connectivity index (χ4v) is 9.20. The van der Waals surface area contributed by atoms with Gasteiger partial charge in [0.25, 0.3) is 0 Å². The van der Waals surface area contributed by atoms with Crippen LogP contribution in [0.25, 0.3) is 0 Å². The van der Waals surface area contributed by atoms with E-state index in [-0.39, 0.29) is 0 Å². The van der Waals surface area contributed by atoms with E-state index in [2.05, 4.69) is 59.7 Å². The highest BCUT2D eigenvalue weighted by molar-refractivity contribution is 5.25. The molecule has 0 aromatic carbocycles. The SMILES string of the molecule is CC(C)CCCC(C)C1CCC2C3CC=C4CC(OCCN(C)C)CCC4(C)C3CCC12C. The molecule has 0 N–H and O–H groups in total. The zero-order valence-electron chi connectivity index (χ0n) is 23.2. The van der Waals surface area contributed by atoms with Gasteiger partial charge in [0.2, 0.25) is 0 Å². The normalized spacial score (nSPS) is 41.5. The zero-order chi connectivity index (χ0) is 23.8. The Morgan fingerprint density at radius 2 is 1.79 bits per heavy atom. The van der Waals surface area contributed by atoms with Crippen molar-refractivity contribution in [1.29, 1.82) is 0 Å². The van der Waals surface area contributed by atoms with Crippen LogP contribution in [0.15, 0.2) is 11.6 Å². The second kappa shape index (κ2) is 10.3. The molecule has 8 atom stereocenters. The van der Waals surface area contributed by atoms with Crippen LogP contribution in [0.4, 0.5) is 0 Å². The summed E-state index contributed by atoms with van der Waals surface area (Å²) in [4.78, 5) is 2.23. The number of fused-ring (bicyclic) bond motifs is 5. The van der Waals surface area contributed by atoms with Crippen molar-refractivity contribution in [2.45, 2.75) is 111 Å². The zero-order valence-corrected chi connectivity index (χ0v) is 23.2. The van der Waals surface area contributed by atoms with Crippen LogP contribution in [0.1, 0.15) is 105 Å². The number of hydrogen-bond donors (Lipinski definition) is 0. The lowest BCUT2D eigenvalue weighted by Crippen LogP contribution is -2.51. The largest absolute Gasteiger partial charge is 0.377 e. The molecule has 2 nitrogen and oxygen atoms in total. The maximum atomic E-state index is 6.31. The van der Waals surface area contributed by atoms with Gasteiger partial charge in [-0.05, 0) is 112 Å². The molecule has 4 rings (SSSR count). The molecular formula is C31H55NO. The fourth-order valence-electron chi connectivity index (χ4n) is 9.20. The Hall–Kier alpha value is -0.340. The van der Waals surface area contributed by atoms with Crippen molar-refractivity contribution in [1.82, 2.24) is 4.90 Å². The van der Waals surface area contributed by atoms with Gasteiger partial charge in [-0.1, -0.05) is 65.5 Å². The molecule has 33 heavy (non-hydrogen) atoms. The third kappa shape index (κ3) is 5.13. The Morgan fingerprint density at radius 1 is 1.00 bits per heavy atom.